The molecule has 0 unspecified atom stereocenters. The molecule has 2 nitrogen and oxygen atoms in total. The predicted molar refractivity (Wildman–Crippen MR) is 60.5 cm³/mol. The molecule has 0 saturated carbocycles. The van der Waals surface area contributed by atoms with Crippen LogP contribution in [0.5, 0.6) is 0 Å². The lowest BCUT2D eigenvalue weighted by atomic mass is 10.1. The van der Waals surface area contributed by atoms with Gasteiger partial charge >= 0.3 is 0 Å². The maximum absolute atomic E-state index is 5.65. The summed E-state index contributed by atoms with van der Waals surface area (Å²) >= 11 is 3.39. The van der Waals surface area contributed by atoms with E-state index in [1.165, 1.54) is 32.4 Å². The van der Waals surface area contributed by atoms with Crippen molar-refractivity contribution < 1.29 is 4.42 Å². The van der Waals surface area contributed by atoms with Crippen molar-refractivity contribution >= 4 is 15.9 Å². The lowest BCUT2D eigenvalue weighted by Gasteiger charge is -2.25. The second kappa shape index (κ2) is 4.99. The quantitative estimate of drug-likeness (QED) is 0.774. The van der Waals surface area contributed by atoms with Crippen molar-refractivity contribution in [1.82, 2.24) is 4.90 Å². The molecule has 1 aliphatic heterocycles. The molecule has 0 aromatic carbocycles. The summed E-state index contributed by atoms with van der Waals surface area (Å²) in [6, 6.07) is 4.14. The molecule has 0 atom stereocenters. The molecule has 0 aliphatic carbocycles. The van der Waals surface area contributed by atoms with Crippen molar-refractivity contribution in [1.29, 1.82) is 0 Å². The van der Waals surface area contributed by atoms with Crippen molar-refractivity contribution in [3.63, 3.8) is 0 Å². The average molecular weight is 258 g/mol. The Kier molecular flexibility index (Phi) is 3.65. The minimum atomic E-state index is 0.812. The van der Waals surface area contributed by atoms with Crippen LogP contribution in [-0.4, -0.2) is 18.0 Å². The molecule has 1 aromatic heterocycles. The Bertz CT molecular complexity index is 279. The summed E-state index contributed by atoms with van der Waals surface area (Å²) in [4.78, 5) is 2.47. The van der Waals surface area contributed by atoms with Crippen LogP contribution in [0.25, 0.3) is 0 Å². The fourth-order valence-corrected chi connectivity index (χ4v) is 2.22. The fourth-order valence-electron chi connectivity index (χ4n) is 1.92. The number of piperidine rings is 1. The maximum atomic E-state index is 5.65. The van der Waals surface area contributed by atoms with Crippen molar-refractivity contribution in [3.8, 4) is 0 Å². The summed E-state index contributed by atoms with van der Waals surface area (Å²) in [5.41, 5.74) is 0. The molecule has 1 saturated heterocycles. The van der Waals surface area contributed by atoms with E-state index < -0.39 is 0 Å². The molecule has 0 N–H and O–H groups in total. The van der Waals surface area contributed by atoms with Gasteiger partial charge < -0.3 is 4.42 Å². The fraction of sp³-hybridized carbons (Fsp3) is 0.636. The molecule has 1 aromatic rings. The molecular weight excluding hydrogens is 242 g/mol. The number of furan rings is 1. The molecule has 0 spiro atoms. The zero-order valence-corrected chi connectivity index (χ0v) is 9.92. The van der Waals surface area contributed by atoms with Crippen molar-refractivity contribution in [2.24, 2.45) is 0 Å². The Hall–Kier alpha value is -0.280. The van der Waals surface area contributed by atoms with Crippen LogP contribution in [0.4, 0.5) is 0 Å². The van der Waals surface area contributed by atoms with Gasteiger partial charge in [0.05, 0.1) is 11.9 Å². The number of alkyl halides is 1. The molecule has 3 heteroatoms. The van der Waals surface area contributed by atoms with Crippen LogP contribution in [0.3, 0.4) is 0 Å². The first-order valence-corrected chi connectivity index (χ1v) is 6.36. The largest absolute Gasteiger partial charge is 0.464 e. The van der Waals surface area contributed by atoms with Gasteiger partial charge in [0.1, 0.15) is 11.5 Å². The lowest BCUT2D eigenvalue weighted by Crippen LogP contribution is -2.28. The monoisotopic (exact) mass is 257 g/mol. The van der Waals surface area contributed by atoms with Gasteiger partial charge in [0, 0.05) is 0 Å². The second-order valence-corrected chi connectivity index (χ2v) is 4.40. The molecule has 0 bridgehead atoms. The van der Waals surface area contributed by atoms with Gasteiger partial charge in [0.2, 0.25) is 0 Å². The normalized spacial score (nSPS) is 18.6. The van der Waals surface area contributed by atoms with Crippen LogP contribution >= 0.6 is 15.9 Å². The number of halogens is 1. The highest BCUT2D eigenvalue weighted by Crippen LogP contribution is 2.16. The molecule has 2 rings (SSSR count). The van der Waals surface area contributed by atoms with Crippen LogP contribution in [0.2, 0.25) is 0 Å². The van der Waals surface area contributed by atoms with Gasteiger partial charge in [-0.3, -0.25) is 4.90 Å². The summed E-state index contributed by atoms with van der Waals surface area (Å²) in [5, 5.41) is 0.812. The van der Waals surface area contributed by atoms with Gasteiger partial charge in [-0.1, -0.05) is 22.4 Å². The molecule has 1 aliphatic rings. The summed E-state index contributed by atoms with van der Waals surface area (Å²) in [6.07, 6.45) is 4.07. The van der Waals surface area contributed by atoms with Crippen LogP contribution in [0.1, 0.15) is 30.8 Å². The minimum absolute atomic E-state index is 0.812. The highest BCUT2D eigenvalue weighted by Gasteiger charge is 2.12. The molecular formula is C11H16BrNO. The average Bonchev–Trinajstić information content (AvgIpc) is 2.67. The number of nitrogens with zero attached hydrogens (tertiary/aromatic N) is 1. The van der Waals surface area contributed by atoms with Crippen molar-refractivity contribution in [2.45, 2.75) is 31.1 Å². The molecule has 1 fully saturated rings. The summed E-state index contributed by atoms with van der Waals surface area (Å²) in [5.74, 6) is 2.12. The third kappa shape index (κ3) is 2.61. The summed E-state index contributed by atoms with van der Waals surface area (Å²) < 4.78 is 5.65. The van der Waals surface area contributed by atoms with E-state index in [0.717, 1.165) is 23.4 Å². The minimum Gasteiger partial charge on any atom is -0.464 e. The van der Waals surface area contributed by atoms with E-state index in [1.807, 2.05) is 6.07 Å². The third-order valence-electron chi connectivity index (χ3n) is 2.68. The van der Waals surface area contributed by atoms with Gasteiger partial charge in [-0.15, -0.1) is 0 Å². The van der Waals surface area contributed by atoms with E-state index in [9.17, 15) is 0 Å². The van der Waals surface area contributed by atoms with E-state index in [4.69, 9.17) is 4.42 Å². The van der Waals surface area contributed by atoms with Crippen LogP contribution < -0.4 is 0 Å². The Morgan fingerprint density at radius 3 is 2.50 bits per heavy atom. The first-order chi connectivity index (χ1) is 6.88. The van der Waals surface area contributed by atoms with Crippen LogP contribution in [0, 0.1) is 0 Å². The van der Waals surface area contributed by atoms with E-state index >= 15 is 0 Å². The van der Waals surface area contributed by atoms with E-state index in [-0.39, 0.29) is 0 Å². The number of rotatable bonds is 3. The molecule has 78 valence electrons. The van der Waals surface area contributed by atoms with E-state index in [1.54, 1.807) is 0 Å². The zero-order valence-electron chi connectivity index (χ0n) is 8.34. The third-order valence-corrected chi connectivity index (χ3v) is 3.23. The zero-order chi connectivity index (χ0) is 9.80. The van der Waals surface area contributed by atoms with E-state index in [0.29, 0.717) is 0 Å². The van der Waals surface area contributed by atoms with E-state index in [2.05, 4.69) is 26.9 Å². The first-order valence-electron chi connectivity index (χ1n) is 5.24. The van der Waals surface area contributed by atoms with Gasteiger partial charge in [-0.05, 0) is 38.1 Å². The summed E-state index contributed by atoms with van der Waals surface area (Å²) in [6.45, 7) is 3.43. The number of hydrogen-bond acceptors (Lipinski definition) is 2. The topological polar surface area (TPSA) is 16.4 Å². The van der Waals surface area contributed by atoms with Crippen molar-refractivity contribution in [2.75, 3.05) is 13.1 Å². The Morgan fingerprint density at radius 2 is 1.86 bits per heavy atom. The predicted octanol–water partition coefficient (Wildman–Crippen LogP) is 3.16. The van der Waals surface area contributed by atoms with Crippen molar-refractivity contribution in [3.05, 3.63) is 23.7 Å². The summed E-state index contributed by atoms with van der Waals surface area (Å²) in [7, 11) is 0. The maximum Gasteiger partial charge on any atom is 0.118 e. The smallest absolute Gasteiger partial charge is 0.118 e. The van der Waals surface area contributed by atoms with Crippen LogP contribution in [0.15, 0.2) is 16.5 Å². The van der Waals surface area contributed by atoms with Gasteiger partial charge in [0.25, 0.3) is 0 Å². The molecule has 0 radical (unpaired) electrons. The van der Waals surface area contributed by atoms with Gasteiger partial charge in [-0.25, -0.2) is 0 Å². The highest BCUT2D eigenvalue weighted by atomic mass is 79.9. The molecule has 2 heterocycles. The Balaban J connectivity index is 1.89. The molecule has 0 amide bonds. The molecule has 14 heavy (non-hydrogen) atoms. The number of hydrogen-bond donors (Lipinski definition) is 0. The Labute approximate surface area is 93.4 Å². The second-order valence-electron chi connectivity index (χ2n) is 3.84. The Morgan fingerprint density at radius 1 is 1.14 bits per heavy atom. The van der Waals surface area contributed by atoms with Gasteiger partial charge in [0.15, 0.2) is 0 Å². The van der Waals surface area contributed by atoms with Crippen LogP contribution in [-0.2, 0) is 11.9 Å². The first kappa shape index (κ1) is 10.2. The SMILES string of the molecule is BrCc1ccc(CN2CCCCC2)o1. The standard InChI is InChI=1S/C11H16BrNO/c12-8-10-4-5-11(14-10)9-13-6-2-1-3-7-13/h4-5H,1-3,6-9H2. The highest BCUT2D eigenvalue weighted by molar-refractivity contribution is 9.08. The number of likely N-dealkylation sites (tertiary alicyclic amines) is 1. The van der Waals surface area contributed by atoms with Gasteiger partial charge in [-0.2, -0.15) is 0 Å². The lowest BCUT2D eigenvalue weighted by molar-refractivity contribution is 0.204.